The molecular formula is C12H12F2O. The lowest BCUT2D eigenvalue weighted by atomic mass is 9.82. The molecule has 1 aliphatic carbocycles. The average molecular weight is 210 g/mol. The fourth-order valence-electron chi connectivity index (χ4n) is 2.51. The second kappa shape index (κ2) is 2.79. The number of hydrogen-bond donors (Lipinski definition) is 0. The first kappa shape index (κ1) is 9.28. The van der Waals surface area contributed by atoms with Crippen molar-refractivity contribution in [3.8, 4) is 0 Å². The molecule has 1 heterocycles. The van der Waals surface area contributed by atoms with Gasteiger partial charge in [-0.2, -0.15) is 0 Å². The van der Waals surface area contributed by atoms with Gasteiger partial charge in [-0.05, 0) is 12.0 Å². The number of hydrogen-bond acceptors (Lipinski definition) is 1. The summed E-state index contributed by atoms with van der Waals surface area (Å²) in [6.45, 7) is 0. The summed E-state index contributed by atoms with van der Waals surface area (Å²) in [7, 11) is 0. The van der Waals surface area contributed by atoms with Gasteiger partial charge < -0.3 is 4.74 Å². The number of rotatable bonds is 1. The van der Waals surface area contributed by atoms with Gasteiger partial charge in [-0.3, -0.25) is 0 Å². The van der Waals surface area contributed by atoms with Crippen LogP contribution in [0.2, 0.25) is 0 Å². The molecule has 0 aromatic heterocycles. The summed E-state index contributed by atoms with van der Waals surface area (Å²) in [5, 5.41) is 0. The monoisotopic (exact) mass is 210 g/mol. The first-order valence-corrected chi connectivity index (χ1v) is 5.24. The Labute approximate surface area is 87.1 Å². The molecule has 3 rings (SSSR count). The van der Waals surface area contributed by atoms with Gasteiger partial charge in [-0.15, -0.1) is 0 Å². The normalized spacial score (nSPS) is 37.1. The van der Waals surface area contributed by atoms with Gasteiger partial charge in [-0.25, -0.2) is 8.78 Å². The van der Waals surface area contributed by atoms with Crippen LogP contribution in [-0.4, -0.2) is 12.0 Å². The van der Waals surface area contributed by atoms with E-state index in [4.69, 9.17) is 4.74 Å². The predicted octanol–water partition coefficient (Wildman–Crippen LogP) is 3.10. The molecule has 2 aliphatic rings. The van der Waals surface area contributed by atoms with E-state index in [1.807, 2.05) is 30.3 Å². The van der Waals surface area contributed by atoms with Gasteiger partial charge in [0.05, 0.1) is 6.10 Å². The highest BCUT2D eigenvalue weighted by molar-refractivity contribution is 5.30. The lowest BCUT2D eigenvalue weighted by molar-refractivity contribution is -0.0328. The number of fused-ring (bicyclic) bond motifs is 1. The zero-order valence-corrected chi connectivity index (χ0v) is 8.25. The molecule has 1 saturated heterocycles. The molecule has 1 saturated carbocycles. The maximum Gasteiger partial charge on any atom is 0.250 e. The molecule has 80 valence electrons. The van der Waals surface area contributed by atoms with E-state index in [0.717, 1.165) is 5.56 Å². The molecule has 0 N–H and O–H groups in total. The Morgan fingerprint density at radius 3 is 2.53 bits per heavy atom. The van der Waals surface area contributed by atoms with Gasteiger partial charge in [0.15, 0.2) is 0 Å². The highest BCUT2D eigenvalue weighted by Gasteiger charge is 2.64. The van der Waals surface area contributed by atoms with Gasteiger partial charge in [0.2, 0.25) is 0 Å². The van der Waals surface area contributed by atoms with Crippen molar-refractivity contribution < 1.29 is 13.5 Å². The summed E-state index contributed by atoms with van der Waals surface area (Å²) in [6.07, 6.45) is -0.0155. The van der Waals surface area contributed by atoms with Gasteiger partial charge >= 0.3 is 0 Å². The molecule has 0 unspecified atom stereocenters. The van der Waals surface area contributed by atoms with Crippen molar-refractivity contribution in [2.24, 2.45) is 0 Å². The van der Waals surface area contributed by atoms with Gasteiger partial charge in [0.1, 0.15) is 5.60 Å². The minimum Gasteiger partial charge on any atom is -0.361 e. The topological polar surface area (TPSA) is 12.5 Å². The van der Waals surface area contributed by atoms with Crippen LogP contribution >= 0.6 is 0 Å². The third kappa shape index (κ3) is 1.37. The quantitative estimate of drug-likeness (QED) is 0.649. The summed E-state index contributed by atoms with van der Waals surface area (Å²) in [4.78, 5) is 0. The largest absolute Gasteiger partial charge is 0.361 e. The van der Waals surface area contributed by atoms with Crippen molar-refractivity contribution in [3.63, 3.8) is 0 Å². The molecule has 0 spiro atoms. The van der Waals surface area contributed by atoms with Gasteiger partial charge in [0.25, 0.3) is 5.92 Å². The third-order valence-corrected chi connectivity index (χ3v) is 3.42. The highest BCUT2D eigenvalue weighted by atomic mass is 19.3. The summed E-state index contributed by atoms with van der Waals surface area (Å²) in [6, 6.07) is 9.70. The van der Waals surface area contributed by atoms with Crippen LogP contribution < -0.4 is 0 Å². The minimum atomic E-state index is -2.53. The number of halogens is 2. The van der Waals surface area contributed by atoms with Crippen LogP contribution in [0.3, 0.4) is 0 Å². The number of ether oxygens (including phenoxy) is 1. The first-order chi connectivity index (χ1) is 7.12. The van der Waals surface area contributed by atoms with Crippen LogP contribution in [0.1, 0.15) is 24.8 Å². The van der Waals surface area contributed by atoms with Crippen molar-refractivity contribution in [3.05, 3.63) is 35.9 Å². The summed E-state index contributed by atoms with van der Waals surface area (Å²) in [5.74, 6) is -2.53. The third-order valence-electron chi connectivity index (χ3n) is 3.42. The number of epoxide rings is 1. The van der Waals surface area contributed by atoms with Crippen molar-refractivity contribution in [2.45, 2.75) is 36.9 Å². The van der Waals surface area contributed by atoms with Gasteiger partial charge in [0, 0.05) is 12.8 Å². The highest BCUT2D eigenvalue weighted by Crippen LogP contribution is 2.58. The molecule has 1 aromatic carbocycles. The molecule has 3 heteroatoms. The minimum absolute atomic E-state index is 0.0571. The van der Waals surface area contributed by atoms with E-state index in [-0.39, 0.29) is 24.5 Å². The molecule has 1 aromatic rings. The SMILES string of the molecule is FC1(F)CC[C@]2(c3ccccc3)O[C@H]2C1. The maximum absolute atomic E-state index is 13.1. The van der Waals surface area contributed by atoms with E-state index in [0.29, 0.717) is 6.42 Å². The Morgan fingerprint density at radius 2 is 1.87 bits per heavy atom. The van der Waals surface area contributed by atoms with Crippen LogP contribution in [0.15, 0.2) is 30.3 Å². The lowest BCUT2D eigenvalue weighted by Crippen LogP contribution is -2.30. The van der Waals surface area contributed by atoms with Crippen LogP contribution in [0.5, 0.6) is 0 Å². The summed E-state index contributed by atoms with van der Waals surface area (Å²) in [5.41, 5.74) is 0.661. The first-order valence-electron chi connectivity index (χ1n) is 5.24. The van der Waals surface area contributed by atoms with Crippen molar-refractivity contribution in [1.29, 1.82) is 0 Å². The Balaban J connectivity index is 1.86. The predicted molar refractivity (Wildman–Crippen MR) is 51.8 cm³/mol. The van der Waals surface area contributed by atoms with Crippen LogP contribution in [-0.2, 0) is 10.3 Å². The number of alkyl halides is 2. The van der Waals surface area contributed by atoms with Gasteiger partial charge in [-0.1, -0.05) is 30.3 Å². The molecule has 1 aliphatic heterocycles. The van der Waals surface area contributed by atoms with Crippen molar-refractivity contribution in [2.75, 3.05) is 0 Å². The van der Waals surface area contributed by atoms with E-state index >= 15 is 0 Å². The van der Waals surface area contributed by atoms with E-state index in [9.17, 15) is 8.78 Å². The second-order valence-corrected chi connectivity index (χ2v) is 4.42. The van der Waals surface area contributed by atoms with Crippen molar-refractivity contribution >= 4 is 0 Å². The van der Waals surface area contributed by atoms with Crippen molar-refractivity contribution in [1.82, 2.24) is 0 Å². The fraction of sp³-hybridized carbons (Fsp3) is 0.500. The smallest absolute Gasteiger partial charge is 0.250 e. The molecular weight excluding hydrogens is 198 g/mol. The average Bonchev–Trinajstić information content (AvgIpc) is 2.92. The molecule has 2 fully saturated rings. The summed E-state index contributed by atoms with van der Waals surface area (Å²) < 4.78 is 31.7. The van der Waals surface area contributed by atoms with E-state index in [2.05, 4.69) is 0 Å². The summed E-state index contributed by atoms with van der Waals surface area (Å²) >= 11 is 0. The Kier molecular flexibility index (Phi) is 1.72. The number of benzene rings is 1. The van der Waals surface area contributed by atoms with E-state index in [1.165, 1.54) is 0 Å². The molecule has 2 atom stereocenters. The molecule has 0 bridgehead atoms. The fourth-order valence-corrected chi connectivity index (χ4v) is 2.51. The molecule has 0 radical (unpaired) electrons. The Morgan fingerprint density at radius 1 is 1.13 bits per heavy atom. The lowest BCUT2D eigenvalue weighted by Gasteiger charge is -2.24. The van der Waals surface area contributed by atoms with E-state index in [1.54, 1.807) is 0 Å². The van der Waals surface area contributed by atoms with E-state index < -0.39 is 5.92 Å². The zero-order chi connectivity index (χ0) is 10.5. The van der Waals surface area contributed by atoms with Crippen LogP contribution in [0.4, 0.5) is 8.78 Å². The zero-order valence-electron chi connectivity index (χ0n) is 8.25. The van der Waals surface area contributed by atoms with Crippen LogP contribution in [0.25, 0.3) is 0 Å². The Hall–Kier alpha value is -0.960. The second-order valence-electron chi connectivity index (χ2n) is 4.42. The molecule has 1 nitrogen and oxygen atoms in total. The molecule has 15 heavy (non-hydrogen) atoms. The van der Waals surface area contributed by atoms with Crippen LogP contribution in [0, 0.1) is 0 Å². The standard InChI is InChI=1S/C12H12F2O/c13-11(14)6-7-12(10(8-11)15-12)9-4-2-1-3-5-9/h1-5,10H,6-8H2/t10-,12+/m0/s1. The molecule has 0 amide bonds. The Bertz CT molecular complexity index is 376. The maximum atomic E-state index is 13.1.